The monoisotopic (exact) mass is 165 g/mol. The lowest BCUT2D eigenvalue weighted by Crippen LogP contribution is -2.28. The van der Waals surface area contributed by atoms with Crippen LogP contribution in [0, 0.1) is 5.92 Å². The molecule has 1 aliphatic heterocycles. The van der Waals surface area contributed by atoms with Crippen molar-refractivity contribution in [3.05, 3.63) is 18.0 Å². The molecule has 2 rings (SSSR count). The number of H-pyrrole nitrogens is 1. The van der Waals surface area contributed by atoms with Crippen LogP contribution in [0.4, 0.5) is 0 Å². The zero-order valence-corrected chi connectivity index (χ0v) is 7.21. The molecule has 1 saturated heterocycles. The molecule has 3 heteroatoms. The van der Waals surface area contributed by atoms with Gasteiger partial charge in [-0.15, -0.1) is 0 Å². The maximum absolute atomic E-state index is 3.95. The Morgan fingerprint density at radius 3 is 2.92 bits per heavy atom. The van der Waals surface area contributed by atoms with Crippen LogP contribution in [-0.4, -0.2) is 23.3 Å². The van der Waals surface area contributed by atoms with Gasteiger partial charge in [0.15, 0.2) is 0 Å². The molecule has 2 N–H and O–H groups in total. The van der Waals surface area contributed by atoms with Gasteiger partial charge in [0.2, 0.25) is 0 Å². The van der Waals surface area contributed by atoms with E-state index in [0.717, 1.165) is 5.92 Å². The predicted molar refractivity (Wildman–Crippen MR) is 47.9 cm³/mol. The lowest BCUT2D eigenvalue weighted by Gasteiger charge is -2.21. The zero-order chi connectivity index (χ0) is 8.23. The Balaban J connectivity index is 1.86. The van der Waals surface area contributed by atoms with Gasteiger partial charge >= 0.3 is 0 Å². The fourth-order valence-electron chi connectivity index (χ4n) is 1.81. The van der Waals surface area contributed by atoms with Crippen LogP contribution in [0.15, 0.2) is 12.4 Å². The maximum atomic E-state index is 3.95. The number of nitrogens with one attached hydrogen (secondary N) is 2. The first-order chi connectivity index (χ1) is 5.95. The summed E-state index contributed by atoms with van der Waals surface area (Å²) in [4.78, 5) is 0. The summed E-state index contributed by atoms with van der Waals surface area (Å²) in [6, 6.07) is 0. The van der Waals surface area contributed by atoms with E-state index in [1.54, 1.807) is 0 Å². The predicted octanol–water partition coefficient (Wildman–Crippen LogP) is 0.952. The van der Waals surface area contributed by atoms with Gasteiger partial charge in [0.05, 0.1) is 6.20 Å². The lowest BCUT2D eigenvalue weighted by molar-refractivity contribution is 0.373. The van der Waals surface area contributed by atoms with Gasteiger partial charge in [0.1, 0.15) is 0 Å². The van der Waals surface area contributed by atoms with Crippen LogP contribution in [-0.2, 0) is 6.42 Å². The van der Waals surface area contributed by atoms with Gasteiger partial charge in [-0.1, -0.05) is 0 Å². The smallest absolute Gasteiger partial charge is 0.0519 e. The molecule has 0 aliphatic carbocycles. The molecule has 1 aromatic heterocycles. The van der Waals surface area contributed by atoms with Crippen molar-refractivity contribution >= 4 is 0 Å². The fourth-order valence-corrected chi connectivity index (χ4v) is 1.81. The van der Waals surface area contributed by atoms with Gasteiger partial charge in [0, 0.05) is 6.20 Å². The van der Waals surface area contributed by atoms with E-state index < -0.39 is 0 Å². The van der Waals surface area contributed by atoms with Crippen LogP contribution in [0.2, 0.25) is 0 Å². The molecule has 1 aromatic rings. The van der Waals surface area contributed by atoms with Crippen LogP contribution in [0.3, 0.4) is 0 Å². The highest BCUT2D eigenvalue weighted by atomic mass is 15.1. The average molecular weight is 165 g/mol. The molecule has 0 amide bonds. The van der Waals surface area contributed by atoms with Gasteiger partial charge in [-0.25, -0.2) is 0 Å². The van der Waals surface area contributed by atoms with Crippen molar-refractivity contribution in [3.63, 3.8) is 0 Å². The number of aromatic amines is 1. The number of nitrogens with zero attached hydrogens (tertiary/aromatic N) is 1. The molecule has 0 radical (unpaired) electrons. The molecule has 0 atom stereocenters. The summed E-state index contributed by atoms with van der Waals surface area (Å²) >= 11 is 0. The van der Waals surface area contributed by atoms with E-state index in [4.69, 9.17) is 0 Å². The first kappa shape index (κ1) is 7.80. The minimum Gasteiger partial charge on any atom is -0.317 e. The summed E-state index contributed by atoms with van der Waals surface area (Å²) in [5.74, 6) is 0.865. The molecule has 12 heavy (non-hydrogen) atoms. The largest absolute Gasteiger partial charge is 0.317 e. The quantitative estimate of drug-likeness (QED) is 0.685. The van der Waals surface area contributed by atoms with Crippen molar-refractivity contribution in [1.29, 1.82) is 0 Å². The zero-order valence-electron chi connectivity index (χ0n) is 7.21. The van der Waals surface area contributed by atoms with Crippen LogP contribution in [0.25, 0.3) is 0 Å². The lowest BCUT2D eigenvalue weighted by atomic mass is 9.92. The molecular weight excluding hydrogens is 150 g/mol. The third kappa shape index (κ3) is 1.85. The number of aromatic nitrogens is 2. The molecule has 0 unspecified atom stereocenters. The van der Waals surface area contributed by atoms with Crippen LogP contribution >= 0.6 is 0 Å². The molecule has 1 fully saturated rings. The second-order valence-corrected chi connectivity index (χ2v) is 3.50. The Kier molecular flexibility index (Phi) is 2.42. The molecule has 2 heterocycles. The highest BCUT2D eigenvalue weighted by Gasteiger charge is 2.13. The summed E-state index contributed by atoms with van der Waals surface area (Å²) in [6.07, 6.45) is 7.75. The van der Waals surface area contributed by atoms with E-state index in [1.807, 2.05) is 12.4 Å². The van der Waals surface area contributed by atoms with Crippen molar-refractivity contribution in [2.75, 3.05) is 13.1 Å². The van der Waals surface area contributed by atoms with E-state index in [2.05, 4.69) is 15.5 Å². The highest BCUT2D eigenvalue weighted by molar-refractivity contribution is 5.03. The Hall–Kier alpha value is -0.830. The van der Waals surface area contributed by atoms with Gasteiger partial charge in [0.25, 0.3) is 0 Å². The van der Waals surface area contributed by atoms with Gasteiger partial charge in [-0.05, 0) is 43.8 Å². The van der Waals surface area contributed by atoms with E-state index in [-0.39, 0.29) is 0 Å². The fraction of sp³-hybridized carbons (Fsp3) is 0.667. The molecule has 0 bridgehead atoms. The van der Waals surface area contributed by atoms with E-state index in [0.29, 0.717) is 0 Å². The van der Waals surface area contributed by atoms with E-state index in [9.17, 15) is 0 Å². The third-order valence-electron chi connectivity index (χ3n) is 2.54. The second kappa shape index (κ2) is 3.72. The normalized spacial score (nSPS) is 19.7. The Labute approximate surface area is 72.6 Å². The molecule has 66 valence electrons. The molecule has 1 aliphatic rings. The summed E-state index contributed by atoms with van der Waals surface area (Å²) < 4.78 is 0. The van der Waals surface area contributed by atoms with E-state index >= 15 is 0 Å². The third-order valence-corrected chi connectivity index (χ3v) is 2.54. The standard InChI is InChI=1S/C9H15N3/c1-3-10-4-2-8(1)5-9-6-11-12-7-9/h6-8,10H,1-5H2,(H,11,12). The number of piperidine rings is 1. The molecule has 0 saturated carbocycles. The molecule has 3 nitrogen and oxygen atoms in total. The van der Waals surface area contributed by atoms with Crippen molar-refractivity contribution in [2.24, 2.45) is 5.92 Å². The number of hydrogen-bond acceptors (Lipinski definition) is 2. The maximum Gasteiger partial charge on any atom is 0.0519 e. The topological polar surface area (TPSA) is 40.7 Å². The van der Waals surface area contributed by atoms with Crippen LogP contribution in [0.5, 0.6) is 0 Å². The van der Waals surface area contributed by atoms with Crippen LogP contribution < -0.4 is 5.32 Å². The van der Waals surface area contributed by atoms with Gasteiger partial charge < -0.3 is 5.32 Å². The van der Waals surface area contributed by atoms with E-state index in [1.165, 1.54) is 37.9 Å². The van der Waals surface area contributed by atoms with Crippen LogP contribution in [0.1, 0.15) is 18.4 Å². The van der Waals surface area contributed by atoms with Crippen molar-refractivity contribution in [2.45, 2.75) is 19.3 Å². The Morgan fingerprint density at radius 1 is 1.42 bits per heavy atom. The Bertz CT molecular complexity index is 212. The molecule has 0 aromatic carbocycles. The average Bonchev–Trinajstić information content (AvgIpc) is 2.59. The molecular formula is C9H15N3. The van der Waals surface area contributed by atoms with Gasteiger partial charge in [-0.3, -0.25) is 5.10 Å². The first-order valence-electron chi connectivity index (χ1n) is 4.63. The summed E-state index contributed by atoms with van der Waals surface area (Å²) in [5, 5.41) is 10.2. The van der Waals surface area contributed by atoms with Crippen molar-refractivity contribution in [1.82, 2.24) is 15.5 Å². The molecule has 0 spiro atoms. The minimum absolute atomic E-state index is 0.865. The van der Waals surface area contributed by atoms with Crippen molar-refractivity contribution in [3.8, 4) is 0 Å². The summed E-state index contributed by atoms with van der Waals surface area (Å²) in [7, 11) is 0. The second-order valence-electron chi connectivity index (χ2n) is 3.50. The minimum atomic E-state index is 0.865. The highest BCUT2D eigenvalue weighted by Crippen LogP contribution is 2.16. The summed E-state index contributed by atoms with van der Waals surface area (Å²) in [6.45, 7) is 2.37. The summed E-state index contributed by atoms with van der Waals surface area (Å²) in [5.41, 5.74) is 1.35. The first-order valence-corrected chi connectivity index (χ1v) is 4.63. The SMILES string of the molecule is c1n[nH]cc1CC1CCNCC1. The van der Waals surface area contributed by atoms with Crippen molar-refractivity contribution < 1.29 is 0 Å². The Morgan fingerprint density at radius 2 is 2.25 bits per heavy atom. The van der Waals surface area contributed by atoms with Gasteiger partial charge in [-0.2, -0.15) is 5.10 Å². The number of rotatable bonds is 2. The number of hydrogen-bond donors (Lipinski definition) is 2.